The summed E-state index contributed by atoms with van der Waals surface area (Å²) < 4.78 is 1.65. The molecule has 0 spiro atoms. The van der Waals surface area contributed by atoms with E-state index in [9.17, 15) is 9.59 Å². The first-order valence-corrected chi connectivity index (χ1v) is 9.52. The van der Waals surface area contributed by atoms with Gasteiger partial charge < -0.3 is 5.32 Å². The molecule has 0 saturated carbocycles. The standard InChI is InChI=1S/C22H25N3O2/c1-3-5-6-21(26)24-18-10-7-16(8-11-18)17-9-12-20-19(14-17)22(27)25(13-4-2)15-23-20/h7-12,14-15H,3-6,13H2,1-2H3,(H,24,26). The minimum absolute atomic E-state index is 0.0106. The fourth-order valence-corrected chi connectivity index (χ4v) is 3.05. The van der Waals surface area contributed by atoms with E-state index in [0.29, 0.717) is 23.9 Å². The van der Waals surface area contributed by atoms with Gasteiger partial charge in [-0.2, -0.15) is 0 Å². The molecular weight excluding hydrogens is 338 g/mol. The van der Waals surface area contributed by atoms with E-state index in [-0.39, 0.29) is 11.5 Å². The molecule has 0 aliphatic heterocycles. The van der Waals surface area contributed by atoms with Crippen LogP contribution in [0.1, 0.15) is 39.5 Å². The number of carbonyl (C=O) groups is 1. The Labute approximate surface area is 159 Å². The highest BCUT2D eigenvalue weighted by molar-refractivity contribution is 5.91. The SMILES string of the molecule is CCCCC(=O)Nc1ccc(-c2ccc3ncn(CCC)c(=O)c3c2)cc1. The number of carbonyl (C=O) groups excluding carboxylic acids is 1. The zero-order valence-electron chi connectivity index (χ0n) is 15.9. The molecule has 1 aromatic heterocycles. The molecule has 0 radical (unpaired) electrons. The summed E-state index contributed by atoms with van der Waals surface area (Å²) in [6.07, 6.45) is 4.94. The number of rotatable bonds is 7. The summed E-state index contributed by atoms with van der Waals surface area (Å²) in [5, 5.41) is 3.54. The zero-order valence-corrected chi connectivity index (χ0v) is 15.9. The quantitative estimate of drug-likeness (QED) is 0.667. The fourth-order valence-electron chi connectivity index (χ4n) is 3.05. The third-order valence-corrected chi connectivity index (χ3v) is 4.55. The van der Waals surface area contributed by atoms with E-state index in [1.165, 1.54) is 0 Å². The molecule has 0 unspecified atom stereocenters. The van der Waals surface area contributed by atoms with Gasteiger partial charge in [-0.1, -0.05) is 38.5 Å². The second kappa shape index (κ2) is 8.62. The number of hydrogen-bond acceptors (Lipinski definition) is 3. The summed E-state index contributed by atoms with van der Waals surface area (Å²) in [4.78, 5) is 28.9. The van der Waals surface area contributed by atoms with Gasteiger partial charge in [0.1, 0.15) is 0 Å². The van der Waals surface area contributed by atoms with Gasteiger partial charge in [-0.3, -0.25) is 14.2 Å². The van der Waals surface area contributed by atoms with Crippen LogP contribution >= 0.6 is 0 Å². The maximum Gasteiger partial charge on any atom is 0.261 e. The van der Waals surface area contributed by atoms with Crippen molar-refractivity contribution in [2.45, 2.75) is 46.1 Å². The van der Waals surface area contributed by atoms with Gasteiger partial charge in [0.2, 0.25) is 5.91 Å². The fraction of sp³-hybridized carbons (Fsp3) is 0.318. The summed E-state index contributed by atoms with van der Waals surface area (Å²) >= 11 is 0. The Morgan fingerprint density at radius 1 is 1.04 bits per heavy atom. The van der Waals surface area contributed by atoms with Crippen LogP contribution in [-0.4, -0.2) is 15.5 Å². The van der Waals surface area contributed by atoms with E-state index < -0.39 is 0 Å². The lowest BCUT2D eigenvalue weighted by Crippen LogP contribution is -2.20. The maximum absolute atomic E-state index is 12.6. The summed E-state index contributed by atoms with van der Waals surface area (Å²) in [5.74, 6) is 0.0397. The highest BCUT2D eigenvalue weighted by atomic mass is 16.1. The van der Waals surface area contributed by atoms with Crippen LogP contribution in [-0.2, 0) is 11.3 Å². The molecule has 0 atom stereocenters. The Hall–Kier alpha value is -2.95. The highest BCUT2D eigenvalue weighted by Crippen LogP contribution is 2.24. The largest absolute Gasteiger partial charge is 0.326 e. The molecule has 0 bridgehead atoms. The number of anilines is 1. The second-order valence-electron chi connectivity index (χ2n) is 6.70. The summed E-state index contributed by atoms with van der Waals surface area (Å²) in [7, 11) is 0. The van der Waals surface area contributed by atoms with Crippen LogP contribution in [0.4, 0.5) is 5.69 Å². The molecule has 3 aromatic rings. The average Bonchev–Trinajstić information content (AvgIpc) is 2.69. The molecule has 0 fully saturated rings. The predicted molar refractivity (Wildman–Crippen MR) is 110 cm³/mol. The van der Waals surface area contributed by atoms with Gasteiger partial charge in [0.15, 0.2) is 0 Å². The molecule has 0 aliphatic carbocycles. The van der Waals surface area contributed by atoms with E-state index in [2.05, 4.69) is 17.2 Å². The predicted octanol–water partition coefficient (Wildman–Crippen LogP) is 4.60. The smallest absolute Gasteiger partial charge is 0.261 e. The first kappa shape index (κ1) is 18.8. The molecule has 1 heterocycles. The molecule has 5 nitrogen and oxygen atoms in total. The Morgan fingerprint density at radius 2 is 1.78 bits per heavy atom. The number of nitrogens with zero attached hydrogens (tertiary/aromatic N) is 2. The highest BCUT2D eigenvalue weighted by Gasteiger charge is 2.07. The van der Waals surface area contributed by atoms with Crippen LogP contribution in [0.3, 0.4) is 0 Å². The van der Waals surface area contributed by atoms with E-state index in [4.69, 9.17) is 0 Å². The van der Waals surface area contributed by atoms with Gasteiger partial charge in [0, 0.05) is 18.7 Å². The number of fused-ring (bicyclic) bond motifs is 1. The second-order valence-corrected chi connectivity index (χ2v) is 6.70. The van der Waals surface area contributed by atoms with Crippen molar-refractivity contribution in [2.75, 3.05) is 5.32 Å². The monoisotopic (exact) mass is 363 g/mol. The van der Waals surface area contributed by atoms with E-state index >= 15 is 0 Å². The van der Waals surface area contributed by atoms with Gasteiger partial charge in [0.25, 0.3) is 5.56 Å². The molecule has 140 valence electrons. The van der Waals surface area contributed by atoms with Crippen LogP contribution in [0, 0.1) is 0 Å². The maximum atomic E-state index is 12.6. The Morgan fingerprint density at radius 3 is 2.48 bits per heavy atom. The molecular formula is C22H25N3O2. The van der Waals surface area contributed by atoms with Crippen molar-refractivity contribution in [3.63, 3.8) is 0 Å². The van der Waals surface area contributed by atoms with Gasteiger partial charge in [0.05, 0.1) is 17.2 Å². The van der Waals surface area contributed by atoms with Crippen molar-refractivity contribution in [1.82, 2.24) is 9.55 Å². The summed E-state index contributed by atoms with van der Waals surface area (Å²) in [6.45, 7) is 4.77. The van der Waals surface area contributed by atoms with E-state index in [0.717, 1.165) is 36.1 Å². The van der Waals surface area contributed by atoms with Gasteiger partial charge in [-0.15, -0.1) is 0 Å². The lowest BCUT2D eigenvalue weighted by molar-refractivity contribution is -0.116. The third kappa shape index (κ3) is 4.42. The molecule has 2 aromatic carbocycles. The van der Waals surface area contributed by atoms with Gasteiger partial charge in [-0.25, -0.2) is 4.98 Å². The Bertz CT molecular complexity index is 991. The van der Waals surface area contributed by atoms with Crippen molar-refractivity contribution < 1.29 is 4.79 Å². The van der Waals surface area contributed by atoms with Crippen LogP contribution in [0.25, 0.3) is 22.0 Å². The molecule has 3 rings (SSSR count). The number of aryl methyl sites for hydroxylation is 1. The van der Waals surface area contributed by atoms with Crippen molar-refractivity contribution in [1.29, 1.82) is 0 Å². The average molecular weight is 363 g/mol. The van der Waals surface area contributed by atoms with Crippen molar-refractivity contribution >= 4 is 22.5 Å². The van der Waals surface area contributed by atoms with Crippen LogP contribution in [0.5, 0.6) is 0 Å². The summed E-state index contributed by atoms with van der Waals surface area (Å²) in [6, 6.07) is 13.4. The van der Waals surface area contributed by atoms with Crippen molar-refractivity contribution in [3.05, 3.63) is 59.1 Å². The normalized spacial score (nSPS) is 10.9. The number of amides is 1. The minimum atomic E-state index is -0.0106. The molecule has 1 amide bonds. The van der Waals surface area contributed by atoms with Crippen LogP contribution in [0.15, 0.2) is 53.6 Å². The number of benzene rings is 2. The van der Waals surface area contributed by atoms with Gasteiger partial charge in [-0.05, 0) is 48.2 Å². The number of aromatic nitrogens is 2. The first-order chi connectivity index (χ1) is 13.1. The lowest BCUT2D eigenvalue weighted by atomic mass is 10.0. The molecule has 5 heteroatoms. The molecule has 1 N–H and O–H groups in total. The minimum Gasteiger partial charge on any atom is -0.326 e. The van der Waals surface area contributed by atoms with Crippen molar-refractivity contribution in [2.24, 2.45) is 0 Å². The molecule has 0 saturated heterocycles. The number of nitrogens with one attached hydrogen (secondary N) is 1. The number of unbranched alkanes of at least 4 members (excludes halogenated alkanes) is 1. The number of hydrogen-bond donors (Lipinski definition) is 1. The van der Waals surface area contributed by atoms with Crippen LogP contribution in [0.2, 0.25) is 0 Å². The van der Waals surface area contributed by atoms with Crippen molar-refractivity contribution in [3.8, 4) is 11.1 Å². The van der Waals surface area contributed by atoms with Gasteiger partial charge >= 0.3 is 0 Å². The zero-order chi connectivity index (χ0) is 19.2. The first-order valence-electron chi connectivity index (χ1n) is 9.52. The van der Waals surface area contributed by atoms with Crippen LogP contribution < -0.4 is 10.9 Å². The molecule has 0 aliphatic rings. The Kier molecular flexibility index (Phi) is 6.01. The summed E-state index contributed by atoms with van der Waals surface area (Å²) in [5.41, 5.74) is 3.43. The van der Waals surface area contributed by atoms with E-state index in [1.54, 1.807) is 10.9 Å². The topological polar surface area (TPSA) is 64.0 Å². The lowest BCUT2D eigenvalue weighted by Gasteiger charge is -2.08. The molecule has 27 heavy (non-hydrogen) atoms. The van der Waals surface area contributed by atoms with E-state index in [1.807, 2.05) is 49.4 Å². The Balaban J connectivity index is 1.85. The third-order valence-electron chi connectivity index (χ3n) is 4.55.